The molecule has 1 fully saturated rings. The van der Waals surface area contributed by atoms with Gasteiger partial charge in [-0.25, -0.2) is 9.97 Å². The van der Waals surface area contributed by atoms with Crippen LogP contribution in [-0.4, -0.2) is 42.0 Å². The van der Waals surface area contributed by atoms with Crippen LogP contribution in [0.4, 0.5) is 0 Å². The van der Waals surface area contributed by atoms with Gasteiger partial charge < -0.3 is 9.55 Å². The number of piperidine rings is 1. The molecule has 1 aromatic heterocycles. The minimum Gasteiger partial charge on any atom is -0.474 e. The molecule has 2 heterocycles. The standard InChI is InChI=1S/C10H15BIN3O/c1-7-9(12)13-6-14-10(7)16-8-2-4-15(11)5-3-8/h6,8H,2-5,11H2,1H3. The van der Waals surface area contributed by atoms with E-state index in [0.717, 1.165) is 41.1 Å². The SMILES string of the molecule is BN1CCC(Oc2ncnc(I)c2C)CC1. The maximum absolute atomic E-state index is 5.93. The number of aromatic nitrogens is 2. The summed E-state index contributed by atoms with van der Waals surface area (Å²) < 4.78 is 6.90. The molecule has 1 aliphatic rings. The highest BCUT2D eigenvalue weighted by Crippen LogP contribution is 2.21. The first-order valence-electron chi connectivity index (χ1n) is 5.49. The Kier molecular flexibility index (Phi) is 4.02. The highest BCUT2D eigenvalue weighted by molar-refractivity contribution is 14.1. The lowest BCUT2D eigenvalue weighted by atomic mass is 10.1. The van der Waals surface area contributed by atoms with Gasteiger partial charge in [-0.3, -0.25) is 0 Å². The molecule has 1 aliphatic heterocycles. The number of halogens is 1. The Balaban J connectivity index is 2.01. The number of hydrogen-bond donors (Lipinski definition) is 0. The Bertz CT molecular complexity index is 369. The Morgan fingerprint density at radius 2 is 2.12 bits per heavy atom. The number of rotatable bonds is 2. The third-order valence-electron chi connectivity index (χ3n) is 2.92. The summed E-state index contributed by atoms with van der Waals surface area (Å²) in [5.41, 5.74) is 1.04. The summed E-state index contributed by atoms with van der Waals surface area (Å²) in [5, 5.41) is 0. The third-order valence-corrected chi connectivity index (χ3v) is 4.01. The fraction of sp³-hybridized carbons (Fsp3) is 0.600. The quantitative estimate of drug-likeness (QED) is 0.456. The van der Waals surface area contributed by atoms with Crippen LogP contribution in [0.5, 0.6) is 5.88 Å². The second-order valence-corrected chi connectivity index (χ2v) is 5.24. The molecule has 1 aromatic rings. The van der Waals surface area contributed by atoms with Crippen molar-refractivity contribution in [2.24, 2.45) is 0 Å². The van der Waals surface area contributed by atoms with E-state index in [-0.39, 0.29) is 0 Å². The summed E-state index contributed by atoms with van der Waals surface area (Å²) in [6.07, 6.45) is 4.03. The van der Waals surface area contributed by atoms with Crippen molar-refractivity contribution < 1.29 is 4.74 Å². The number of ether oxygens (including phenoxy) is 1. The molecular weight excluding hydrogens is 316 g/mol. The van der Waals surface area contributed by atoms with Crippen LogP contribution in [-0.2, 0) is 0 Å². The minimum atomic E-state index is 0.306. The normalized spacial score (nSPS) is 18.6. The molecule has 0 spiro atoms. The van der Waals surface area contributed by atoms with Gasteiger partial charge in [0.2, 0.25) is 5.88 Å². The van der Waals surface area contributed by atoms with Crippen molar-refractivity contribution in [3.05, 3.63) is 15.6 Å². The van der Waals surface area contributed by atoms with Crippen LogP contribution < -0.4 is 4.74 Å². The summed E-state index contributed by atoms with van der Waals surface area (Å²) in [7, 11) is 2.15. The largest absolute Gasteiger partial charge is 0.474 e. The first-order chi connectivity index (χ1) is 7.66. The fourth-order valence-electron chi connectivity index (χ4n) is 1.79. The van der Waals surface area contributed by atoms with Crippen LogP contribution in [0, 0.1) is 10.6 Å². The van der Waals surface area contributed by atoms with E-state index in [2.05, 4.69) is 45.4 Å². The highest BCUT2D eigenvalue weighted by atomic mass is 127. The van der Waals surface area contributed by atoms with Crippen molar-refractivity contribution in [2.75, 3.05) is 13.1 Å². The second kappa shape index (κ2) is 5.31. The van der Waals surface area contributed by atoms with Gasteiger partial charge >= 0.3 is 0 Å². The maximum Gasteiger partial charge on any atom is 0.220 e. The molecule has 0 atom stereocenters. The third kappa shape index (κ3) is 2.85. The van der Waals surface area contributed by atoms with Gasteiger partial charge in [0.15, 0.2) is 7.98 Å². The molecule has 0 amide bonds. The molecule has 2 rings (SSSR count). The summed E-state index contributed by atoms with van der Waals surface area (Å²) in [6, 6.07) is 0. The maximum atomic E-state index is 5.93. The van der Waals surface area contributed by atoms with Gasteiger partial charge in [-0.2, -0.15) is 0 Å². The van der Waals surface area contributed by atoms with Gasteiger partial charge in [0.05, 0.1) is 0 Å². The summed E-state index contributed by atoms with van der Waals surface area (Å²) in [4.78, 5) is 10.7. The summed E-state index contributed by atoms with van der Waals surface area (Å²) in [6.45, 7) is 4.21. The van der Waals surface area contributed by atoms with Gasteiger partial charge in [-0.15, -0.1) is 0 Å². The molecular formula is C10H15BIN3O. The van der Waals surface area contributed by atoms with E-state index in [1.165, 1.54) is 0 Å². The predicted octanol–water partition coefficient (Wildman–Crippen LogP) is 0.781. The van der Waals surface area contributed by atoms with E-state index in [1.807, 2.05) is 6.92 Å². The van der Waals surface area contributed by atoms with Crippen LogP contribution in [0.25, 0.3) is 0 Å². The Hall–Kier alpha value is -0.365. The van der Waals surface area contributed by atoms with Crippen molar-refractivity contribution in [2.45, 2.75) is 25.9 Å². The summed E-state index contributed by atoms with van der Waals surface area (Å²) >= 11 is 2.21. The average molecular weight is 331 g/mol. The zero-order valence-corrected chi connectivity index (χ0v) is 11.8. The lowest BCUT2D eigenvalue weighted by molar-refractivity contribution is 0.129. The van der Waals surface area contributed by atoms with E-state index in [0.29, 0.717) is 6.10 Å². The molecule has 16 heavy (non-hydrogen) atoms. The zero-order chi connectivity index (χ0) is 11.5. The molecule has 0 bridgehead atoms. The molecule has 4 nitrogen and oxygen atoms in total. The highest BCUT2D eigenvalue weighted by Gasteiger charge is 2.19. The van der Waals surface area contributed by atoms with Gasteiger partial charge in [0.25, 0.3) is 0 Å². The molecule has 0 saturated carbocycles. The van der Waals surface area contributed by atoms with E-state index >= 15 is 0 Å². The molecule has 6 heteroatoms. The van der Waals surface area contributed by atoms with Gasteiger partial charge in [-0.1, -0.05) is 0 Å². The summed E-state index contributed by atoms with van der Waals surface area (Å²) in [5.74, 6) is 0.744. The second-order valence-electron chi connectivity index (χ2n) is 4.22. The van der Waals surface area contributed by atoms with Gasteiger partial charge in [0.1, 0.15) is 16.1 Å². The lowest BCUT2D eigenvalue weighted by Gasteiger charge is -2.29. The van der Waals surface area contributed by atoms with E-state index in [9.17, 15) is 0 Å². The molecule has 0 radical (unpaired) electrons. The van der Waals surface area contributed by atoms with Crippen LogP contribution in [0.1, 0.15) is 18.4 Å². The van der Waals surface area contributed by atoms with Crippen molar-refractivity contribution in [3.63, 3.8) is 0 Å². The van der Waals surface area contributed by atoms with Gasteiger partial charge in [0, 0.05) is 5.56 Å². The van der Waals surface area contributed by atoms with Crippen LogP contribution >= 0.6 is 22.6 Å². The topological polar surface area (TPSA) is 38.2 Å². The molecule has 0 N–H and O–H groups in total. The molecule has 1 saturated heterocycles. The number of hydrogen-bond acceptors (Lipinski definition) is 4. The van der Waals surface area contributed by atoms with Crippen molar-refractivity contribution in [1.29, 1.82) is 0 Å². The van der Waals surface area contributed by atoms with Gasteiger partial charge in [-0.05, 0) is 55.4 Å². The average Bonchev–Trinajstić information content (AvgIpc) is 2.28. The minimum absolute atomic E-state index is 0.306. The monoisotopic (exact) mass is 331 g/mol. The van der Waals surface area contributed by atoms with Crippen LogP contribution in [0.2, 0.25) is 0 Å². The first-order valence-corrected chi connectivity index (χ1v) is 6.57. The smallest absolute Gasteiger partial charge is 0.220 e. The predicted molar refractivity (Wildman–Crippen MR) is 73.3 cm³/mol. The van der Waals surface area contributed by atoms with Crippen molar-refractivity contribution in [3.8, 4) is 5.88 Å². The molecule has 0 unspecified atom stereocenters. The molecule has 0 aromatic carbocycles. The Labute approximate surface area is 110 Å². The molecule has 86 valence electrons. The van der Waals surface area contributed by atoms with Crippen molar-refractivity contribution in [1.82, 2.24) is 14.8 Å². The van der Waals surface area contributed by atoms with Crippen molar-refractivity contribution >= 4 is 30.6 Å². The van der Waals surface area contributed by atoms with Crippen LogP contribution in [0.15, 0.2) is 6.33 Å². The molecule has 0 aliphatic carbocycles. The Morgan fingerprint density at radius 3 is 2.81 bits per heavy atom. The first kappa shape index (κ1) is 12.1. The van der Waals surface area contributed by atoms with Crippen LogP contribution in [0.3, 0.4) is 0 Å². The van der Waals surface area contributed by atoms with E-state index in [4.69, 9.17) is 4.74 Å². The van der Waals surface area contributed by atoms with E-state index < -0.39 is 0 Å². The fourth-order valence-corrected chi connectivity index (χ4v) is 2.15. The number of nitrogens with zero attached hydrogens (tertiary/aromatic N) is 3. The lowest BCUT2D eigenvalue weighted by Crippen LogP contribution is -2.36. The zero-order valence-electron chi connectivity index (χ0n) is 9.61. The Morgan fingerprint density at radius 1 is 1.44 bits per heavy atom. The van der Waals surface area contributed by atoms with E-state index in [1.54, 1.807) is 6.33 Å².